The van der Waals surface area contributed by atoms with Crippen molar-refractivity contribution in [2.45, 2.75) is 58.5 Å². The van der Waals surface area contributed by atoms with E-state index in [9.17, 15) is 4.79 Å². The number of para-hydroxylation sites is 1. The van der Waals surface area contributed by atoms with Crippen LogP contribution in [0.2, 0.25) is 0 Å². The fourth-order valence-corrected chi connectivity index (χ4v) is 2.80. The molecule has 1 amide bonds. The van der Waals surface area contributed by atoms with Crippen molar-refractivity contribution in [3.8, 4) is 0 Å². The summed E-state index contributed by atoms with van der Waals surface area (Å²) in [5, 5.41) is 3.37. The van der Waals surface area contributed by atoms with Gasteiger partial charge in [0.05, 0.1) is 0 Å². The fourth-order valence-electron chi connectivity index (χ4n) is 2.80. The van der Waals surface area contributed by atoms with Gasteiger partial charge in [-0.15, -0.1) is 0 Å². The number of amides is 1. The predicted molar refractivity (Wildman–Crippen MR) is 83.9 cm³/mol. The van der Waals surface area contributed by atoms with E-state index >= 15 is 0 Å². The molecule has 1 aliphatic heterocycles. The molecule has 0 aliphatic carbocycles. The van der Waals surface area contributed by atoms with Gasteiger partial charge in [0.1, 0.15) is 6.04 Å². The Labute approximate surface area is 122 Å². The number of carbonyl (C=O) groups is 1. The highest BCUT2D eigenvalue weighted by Gasteiger charge is 2.30. The highest BCUT2D eigenvalue weighted by molar-refractivity contribution is 5.87. The molecule has 0 aromatic heterocycles. The lowest BCUT2D eigenvalue weighted by Crippen LogP contribution is -2.46. The highest BCUT2D eigenvalue weighted by Crippen LogP contribution is 2.26. The summed E-state index contributed by atoms with van der Waals surface area (Å²) in [6, 6.07) is 8.39. The number of nitrogens with one attached hydrogen (secondary N) is 1. The van der Waals surface area contributed by atoms with Gasteiger partial charge in [0.2, 0.25) is 5.91 Å². The summed E-state index contributed by atoms with van der Waals surface area (Å²) in [6.45, 7) is 7.27. The van der Waals surface area contributed by atoms with Crippen LogP contribution in [0.25, 0.3) is 0 Å². The first-order chi connectivity index (χ1) is 9.63. The first-order valence-corrected chi connectivity index (χ1v) is 7.78. The van der Waals surface area contributed by atoms with Crippen LogP contribution in [0, 0.1) is 0 Å². The molecule has 0 fully saturated rings. The van der Waals surface area contributed by atoms with Gasteiger partial charge in [-0.1, -0.05) is 38.0 Å². The average Bonchev–Trinajstić information content (AvgIpc) is 2.86. The Bertz CT molecular complexity index is 431. The number of anilines is 1. The minimum atomic E-state index is -0.0866. The van der Waals surface area contributed by atoms with E-state index in [1.807, 2.05) is 17.0 Å². The number of benzene rings is 1. The van der Waals surface area contributed by atoms with E-state index in [-0.39, 0.29) is 18.0 Å². The molecule has 0 saturated carbocycles. The molecule has 0 saturated heterocycles. The zero-order valence-electron chi connectivity index (χ0n) is 12.9. The van der Waals surface area contributed by atoms with Crippen LogP contribution in [-0.2, 0) is 11.2 Å². The van der Waals surface area contributed by atoms with Gasteiger partial charge < -0.3 is 10.2 Å². The van der Waals surface area contributed by atoms with E-state index < -0.39 is 0 Å². The van der Waals surface area contributed by atoms with Crippen molar-refractivity contribution in [2.24, 2.45) is 0 Å². The lowest BCUT2D eigenvalue weighted by molar-refractivity contribution is -0.133. The standard InChI is InChI=1S/C17H26N2O/c1-4-5-8-11-19(13(2)3)17(20)16-12-14-9-6-7-10-15(14)18-16/h6-7,9-10,13,16,18H,4-5,8,11-12H2,1-3H3. The SMILES string of the molecule is CCCCCN(C(=O)C1Cc2ccccc2N1)C(C)C. The van der Waals surface area contributed by atoms with E-state index in [2.05, 4.69) is 38.2 Å². The first kappa shape index (κ1) is 14.9. The summed E-state index contributed by atoms with van der Waals surface area (Å²) in [7, 11) is 0. The Morgan fingerprint density at radius 3 is 2.75 bits per heavy atom. The number of hydrogen-bond acceptors (Lipinski definition) is 2. The maximum absolute atomic E-state index is 12.7. The third-order valence-electron chi connectivity index (χ3n) is 3.98. The van der Waals surface area contributed by atoms with E-state index in [0.29, 0.717) is 0 Å². The van der Waals surface area contributed by atoms with Gasteiger partial charge in [-0.2, -0.15) is 0 Å². The Hall–Kier alpha value is -1.51. The third-order valence-corrected chi connectivity index (χ3v) is 3.98. The number of fused-ring (bicyclic) bond motifs is 1. The summed E-state index contributed by atoms with van der Waals surface area (Å²) in [6.07, 6.45) is 4.29. The Morgan fingerprint density at radius 2 is 2.10 bits per heavy atom. The van der Waals surface area contributed by atoms with E-state index in [0.717, 1.165) is 25.1 Å². The number of nitrogens with zero attached hydrogens (tertiary/aromatic N) is 1. The fraction of sp³-hybridized carbons (Fsp3) is 0.588. The molecule has 0 radical (unpaired) electrons. The largest absolute Gasteiger partial charge is 0.373 e. The molecule has 2 rings (SSSR count). The van der Waals surface area contributed by atoms with Crippen molar-refractivity contribution < 1.29 is 4.79 Å². The maximum atomic E-state index is 12.7. The molecule has 1 N–H and O–H groups in total. The van der Waals surface area contributed by atoms with Crippen LogP contribution in [0.1, 0.15) is 45.6 Å². The van der Waals surface area contributed by atoms with Crippen molar-refractivity contribution in [3.05, 3.63) is 29.8 Å². The number of hydrogen-bond donors (Lipinski definition) is 1. The smallest absolute Gasteiger partial charge is 0.245 e. The molecule has 1 aromatic carbocycles. The summed E-state index contributed by atoms with van der Waals surface area (Å²) in [5.74, 6) is 0.243. The van der Waals surface area contributed by atoms with Crippen LogP contribution in [0.15, 0.2) is 24.3 Å². The van der Waals surface area contributed by atoms with Crippen LogP contribution < -0.4 is 5.32 Å². The molecule has 1 unspecified atom stereocenters. The average molecular weight is 274 g/mol. The minimum Gasteiger partial charge on any atom is -0.373 e. The molecule has 1 aromatic rings. The zero-order valence-corrected chi connectivity index (χ0v) is 12.9. The van der Waals surface area contributed by atoms with Crippen LogP contribution in [0.4, 0.5) is 5.69 Å². The monoisotopic (exact) mass is 274 g/mol. The topological polar surface area (TPSA) is 32.3 Å². The third kappa shape index (κ3) is 3.33. The number of rotatable bonds is 6. The Morgan fingerprint density at radius 1 is 1.35 bits per heavy atom. The van der Waals surface area contributed by atoms with Crippen molar-refractivity contribution in [2.75, 3.05) is 11.9 Å². The van der Waals surface area contributed by atoms with Crippen LogP contribution >= 0.6 is 0 Å². The van der Waals surface area contributed by atoms with Crippen LogP contribution in [0.3, 0.4) is 0 Å². The molecule has 0 bridgehead atoms. The predicted octanol–water partition coefficient (Wildman–Crippen LogP) is 3.45. The van der Waals surface area contributed by atoms with Crippen molar-refractivity contribution in [3.63, 3.8) is 0 Å². The lowest BCUT2D eigenvalue weighted by atomic mass is 10.1. The van der Waals surface area contributed by atoms with Gasteiger partial charge in [-0.3, -0.25) is 4.79 Å². The quantitative estimate of drug-likeness (QED) is 0.806. The van der Waals surface area contributed by atoms with Crippen molar-refractivity contribution >= 4 is 11.6 Å². The lowest BCUT2D eigenvalue weighted by Gasteiger charge is -2.29. The second kappa shape index (κ2) is 6.78. The summed E-state index contributed by atoms with van der Waals surface area (Å²) >= 11 is 0. The van der Waals surface area contributed by atoms with Crippen LogP contribution in [0.5, 0.6) is 0 Å². The molecule has 3 nitrogen and oxygen atoms in total. The maximum Gasteiger partial charge on any atom is 0.245 e. The van der Waals surface area contributed by atoms with Gasteiger partial charge in [0.15, 0.2) is 0 Å². The second-order valence-corrected chi connectivity index (χ2v) is 5.89. The van der Waals surface area contributed by atoms with Gasteiger partial charge in [-0.05, 0) is 31.9 Å². The molecular weight excluding hydrogens is 248 g/mol. The minimum absolute atomic E-state index is 0.0866. The number of carbonyl (C=O) groups excluding carboxylic acids is 1. The van der Waals surface area contributed by atoms with Gasteiger partial charge in [0.25, 0.3) is 0 Å². The molecule has 0 spiro atoms. The highest BCUT2D eigenvalue weighted by atomic mass is 16.2. The zero-order chi connectivity index (χ0) is 14.5. The molecular formula is C17H26N2O. The van der Waals surface area contributed by atoms with Crippen molar-refractivity contribution in [1.82, 2.24) is 4.90 Å². The Balaban J connectivity index is 1.99. The van der Waals surface area contributed by atoms with Gasteiger partial charge in [0, 0.05) is 24.7 Å². The molecule has 110 valence electrons. The van der Waals surface area contributed by atoms with Gasteiger partial charge in [-0.25, -0.2) is 0 Å². The summed E-state index contributed by atoms with van der Waals surface area (Å²) in [5.41, 5.74) is 2.37. The molecule has 1 atom stereocenters. The molecule has 20 heavy (non-hydrogen) atoms. The van der Waals surface area contributed by atoms with E-state index in [1.165, 1.54) is 18.4 Å². The Kier molecular flexibility index (Phi) is 5.05. The molecule has 3 heteroatoms. The van der Waals surface area contributed by atoms with Gasteiger partial charge >= 0.3 is 0 Å². The first-order valence-electron chi connectivity index (χ1n) is 7.78. The molecule has 1 heterocycles. The number of unbranched alkanes of at least 4 members (excludes halogenated alkanes) is 2. The van der Waals surface area contributed by atoms with Crippen LogP contribution in [-0.4, -0.2) is 29.4 Å². The molecule has 1 aliphatic rings. The van der Waals surface area contributed by atoms with E-state index in [4.69, 9.17) is 0 Å². The summed E-state index contributed by atoms with van der Waals surface area (Å²) < 4.78 is 0. The normalized spacial score (nSPS) is 16.9. The van der Waals surface area contributed by atoms with E-state index in [1.54, 1.807) is 0 Å². The second-order valence-electron chi connectivity index (χ2n) is 5.89. The van der Waals surface area contributed by atoms with Crippen molar-refractivity contribution in [1.29, 1.82) is 0 Å². The summed E-state index contributed by atoms with van der Waals surface area (Å²) in [4.78, 5) is 14.7.